The molecule has 0 unspecified atom stereocenters. The van der Waals surface area contributed by atoms with E-state index in [1.165, 1.54) is 0 Å². The number of rotatable bonds is 2. The largest absolute Gasteiger partial charge is 0.474 e. The Balaban J connectivity index is 2.51. The highest BCUT2D eigenvalue weighted by Gasteiger charge is 2.35. The topological polar surface area (TPSA) is 27.1 Å². The Bertz CT molecular complexity index is 505. The van der Waals surface area contributed by atoms with Crippen LogP contribution in [0.15, 0.2) is 36.4 Å². The minimum Gasteiger partial charge on any atom is -0.474 e. The molecule has 0 saturated heterocycles. The van der Waals surface area contributed by atoms with E-state index in [9.17, 15) is 13.2 Å². The lowest BCUT2D eigenvalue weighted by Crippen LogP contribution is -2.07. The van der Waals surface area contributed by atoms with Gasteiger partial charge in [0.25, 0.3) is 0 Å². The number of hydrogen-bond acceptors (Lipinski definition) is 2. The average molecular weight is 241 g/mol. The third-order valence-corrected chi connectivity index (χ3v) is 2.12. The fourth-order valence-electron chi connectivity index (χ4n) is 1.36. The molecule has 17 heavy (non-hydrogen) atoms. The van der Waals surface area contributed by atoms with E-state index < -0.39 is 11.9 Å². The van der Waals surface area contributed by atoms with Gasteiger partial charge in [-0.25, -0.2) is 4.68 Å². The zero-order valence-electron chi connectivity index (χ0n) is 8.61. The van der Waals surface area contributed by atoms with E-state index in [1.54, 1.807) is 30.3 Å². The van der Waals surface area contributed by atoms with Crippen molar-refractivity contribution < 1.29 is 17.9 Å². The van der Waals surface area contributed by atoms with Crippen molar-refractivity contribution in [3.63, 3.8) is 0 Å². The highest BCUT2D eigenvalue weighted by atomic mass is 19.4. The van der Waals surface area contributed by atoms with Gasteiger partial charge >= 0.3 is 6.18 Å². The Kier molecular flexibility index (Phi) is 2.79. The molecule has 0 atom stereocenters. The number of nitrogens with zero attached hydrogens (tertiary/aromatic N) is 2. The molecule has 0 spiro atoms. The maximum absolute atomic E-state index is 12.5. The second-order valence-corrected chi connectivity index (χ2v) is 3.26. The summed E-state index contributed by atoms with van der Waals surface area (Å²) in [5.74, 6) is -0.0662. The predicted octanol–water partition coefficient (Wildman–Crippen LogP) is 3.06. The van der Waals surface area contributed by atoms with Crippen LogP contribution in [0.2, 0.25) is 0 Å². The summed E-state index contributed by atoms with van der Waals surface area (Å²) in [4.78, 5) is 0. The first-order chi connectivity index (χ1) is 8.02. The van der Waals surface area contributed by atoms with E-state index in [1.807, 2.05) is 0 Å². The summed E-state index contributed by atoms with van der Waals surface area (Å²) in [7, 11) is 3.11. The Hall–Kier alpha value is -1.98. The minimum atomic E-state index is -4.51. The van der Waals surface area contributed by atoms with Gasteiger partial charge in [0.15, 0.2) is 5.69 Å². The van der Waals surface area contributed by atoms with Gasteiger partial charge in [-0.05, 0) is 12.1 Å². The molecular formula is C11H8F3N2O. The van der Waals surface area contributed by atoms with Gasteiger partial charge in [-0.1, -0.05) is 18.2 Å². The Morgan fingerprint density at radius 3 is 2.35 bits per heavy atom. The molecule has 2 rings (SSSR count). The van der Waals surface area contributed by atoms with E-state index in [-0.39, 0.29) is 5.88 Å². The summed E-state index contributed by atoms with van der Waals surface area (Å²) in [6.07, 6.45) is -4.51. The highest BCUT2D eigenvalue weighted by Crippen LogP contribution is 2.31. The molecule has 0 fully saturated rings. The van der Waals surface area contributed by atoms with Gasteiger partial charge in [-0.3, -0.25) is 0 Å². The molecule has 1 radical (unpaired) electrons. The molecule has 0 aliphatic carbocycles. The standard InChI is InChI=1S/C11H8F3N2O/c1-17-10-7-9(11(12,13)14)15-16(10)8-5-3-2-4-6-8/h2-7H,1H2. The van der Waals surface area contributed by atoms with Gasteiger partial charge < -0.3 is 4.74 Å². The highest BCUT2D eigenvalue weighted by molar-refractivity contribution is 5.36. The van der Waals surface area contributed by atoms with Crippen molar-refractivity contribution in [1.82, 2.24) is 9.78 Å². The first-order valence-electron chi connectivity index (χ1n) is 4.67. The molecule has 0 bridgehead atoms. The number of alkyl halides is 3. The SMILES string of the molecule is [CH2]Oc1cc(C(F)(F)F)nn1-c1ccccc1. The quantitative estimate of drug-likeness (QED) is 0.807. The normalized spacial score (nSPS) is 11.5. The second kappa shape index (κ2) is 4.12. The zero-order valence-corrected chi connectivity index (χ0v) is 8.61. The number of para-hydroxylation sites is 1. The van der Waals surface area contributed by atoms with Crippen LogP contribution in [0, 0.1) is 7.11 Å². The van der Waals surface area contributed by atoms with Crippen LogP contribution in [0.5, 0.6) is 5.88 Å². The van der Waals surface area contributed by atoms with Gasteiger partial charge in [-0.15, -0.1) is 0 Å². The molecule has 6 heteroatoms. The molecule has 0 aliphatic rings. The van der Waals surface area contributed by atoms with Crippen LogP contribution >= 0.6 is 0 Å². The van der Waals surface area contributed by atoms with E-state index in [2.05, 4.69) is 16.9 Å². The van der Waals surface area contributed by atoms with Crippen LogP contribution in [0.25, 0.3) is 5.69 Å². The maximum atomic E-state index is 12.5. The summed E-state index contributed by atoms with van der Waals surface area (Å²) >= 11 is 0. The summed E-state index contributed by atoms with van der Waals surface area (Å²) < 4.78 is 43.1. The number of aromatic nitrogens is 2. The summed E-state index contributed by atoms with van der Waals surface area (Å²) in [5.41, 5.74) is -0.540. The lowest BCUT2D eigenvalue weighted by molar-refractivity contribution is -0.141. The molecule has 0 amide bonds. The van der Waals surface area contributed by atoms with Gasteiger partial charge in [-0.2, -0.15) is 18.3 Å². The molecule has 1 heterocycles. The monoisotopic (exact) mass is 241 g/mol. The Morgan fingerprint density at radius 1 is 1.18 bits per heavy atom. The smallest absolute Gasteiger partial charge is 0.435 e. The van der Waals surface area contributed by atoms with E-state index in [0.717, 1.165) is 10.7 Å². The fourth-order valence-corrected chi connectivity index (χ4v) is 1.36. The lowest BCUT2D eigenvalue weighted by atomic mass is 10.3. The first kappa shape index (κ1) is 11.5. The van der Waals surface area contributed by atoms with Crippen molar-refractivity contribution in [2.24, 2.45) is 0 Å². The molecule has 0 aliphatic heterocycles. The van der Waals surface area contributed by atoms with Crippen LogP contribution in [-0.2, 0) is 6.18 Å². The average Bonchev–Trinajstić information content (AvgIpc) is 2.73. The van der Waals surface area contributed by atoms with Gasteiger partial charge in [0, 0.05) is 6.07 Å². The van der Waals surface area contributed by atoms with Crippen molar-refractivity contribution in [1.29, 1.82) is 0 Å². The second-order valence-electron chi connectivity index (χ2n) is 3.26. The number of halogens is 3. The number of benzene rings is 1. The van der Waals surface area contributed by atoms with Crippen LogP contribution < -0.4 is 4.74 Å². The van der Waals surface area contributed by atoms with Crippen molar-refractivity contribution in [2.45, 2.75) is 6.18 Å². The molecule has 89 valence electrons. The third-order valence-electron chi connectivity index (χ3n) is 2.12. The fraction of sp³-hybridized carbons (Fsp3) is 0.0909. The van der Waals surface area contributed by atoms with Crippen molar-refractivity contribution in [2.75, 3.05) is 0 Å². The number of ether oxygens (including phenoxy) is 1. The third kappa shape index (κ3) is 2.25. The molecule has 0 saturated carbocycles. The maximum Gasteiger partial charge on any atom is 0.435 e. The number of hydrogen-bond donors (Lipinski definition) is 0. The molecule has 1 aromatic carbocycles. The Labute approximate surface area is 95.4 Å². The summed E-state index contributed by atoms with van der Waals surface area (Å²) in [6.45, 7) is 0. The van der Waals surface area contributed by atoms with Gasteiger partial charge in [0.1, 0.15) is 7.11 Å². The lowest BCUT2D eigenvalue weighted by Gasteiger charge is -2.04. The molecular weight excluding hydrogens is 233 g/mol. The summed E-state index contributed by atoms with van der Waals surface area (Å²) in [6, 6.07) is 9.18. The molecule has 3 nitrogen and oxygen atoms in total. The Morgan fingerprint density at radius 2 is 1.82 bits per heavy atom. The predicted molar refractivity (Wildman–Crippen MR) is 54.6 cm³/mol. The van der Waals surface area contributed by atoms with Crippen molar-refractivity contribution >= 4 is 0 Å². The van der Waals surface area contributed by atoms with E-state index in [0.29, 0.717) is 5.69 Å². The summed E-state index contributed by atoms with van der Waals surface area (Å²) in [5, 5.41) is 3.45. The van der Waals surface area contributed by atoms with E-state index in [4.69, 9.17) is 0 Å². The van der Waals surface area contributed by atoms with Crippen LogP contribution in [0.3, 0.4) is 0 Å². The van der Waals surface area contributed by atoms with Gasteiger partial charge in [0.05, 0.1) is 5.69 Å². The van der Waals surface area contributed by atoms with Crippen LogP contribution in [0.4, 0.5) is 13.2 Å². The van der Waals surface area contributed by atoms with Crippen LogP contribution in [0.1, 0.15) is 5.69 Å². The molecule has 0 N–H and O–H groups in total. The minimum absolute atomic E-state index is 0.0662. The van der Waals surface area contributed by atoms with Gasteiger partial charge in [0.2, 0.25) is 5.88 Å². The van der Waals surface area contributed by atoms with Crippen molar-refractivity contribution in [3.05, 3.63) is 49.2 Å². The van der Waals surface area contributed by atoms with Crippen LogP contribution in [-0.4, -0.2) is 9.78 Å². The molecule has 2 aromatic rings. The molecule has 1 aromatic heterocycles. The van der Waals surface area contributed by atoms with E-state index >= 15 is 0 Å². The first-order valence-corrected chi connectivity index (χ1v) is 4.67. The zero-order chi connectivity index (χ0) is 12.5. The van der Waals surface area contributed by atoms with Crippen molar-refractivity contribution in [3.8, 4) is 11.6 Å².